The molecule has 0 spiro atoms. The van der Waals surface area contributed by atoms with E-state index >= 15 is 0 Å². The van der Waals surface area contributed by atoms with Crippen LogP contribution in [0.3, 0.4) is 0 Å². The van der Waals surface area contributed by atoms with Crippen molar-refractivity contribution in [3.05, 3.63) is 11.4 Å². The van der Waals surface area contributed by atoms with Gasteiger partial charge in [-0.05, 0) is 5.92 Å². The van der Waals surface area contributed by atoms with Gasteiger partial charge in [0.05, 0.1) is 0 Å². The molecular formula is C8H10N4. The molecule has 2 N–H and O–H groups in total. The second-order valence-corrected chi connectivity index (χ2v) is 2.51. The number of rotatable bonds is 2. The van der Waals surface area contributed by atoms with Gasteiger partial charge in [0, 0.05) is 6.21 Å². The zero-order chi connectivity index (χ0) is 9.56. The number of nitrogens with zero attached hydrogens (tertiary/aromatic N) is 3. The van der Waals surface area contributed by atoms with E-state index in [1.165, 1.54) is 0 Å². The third kappa shape index (κ3) is 3.38. The molecule has 4 nitrogen and oxygen atoms in total. The molecule has 0 fully saturated rings. The van der Waals surface area contributed by atoms with Gasteiger partial charge in [-0.1, -0.05) is 13.8 Å². The summed E-state index contributed by atoms with van der Waals surface area (Å²) in [6.07, 6.45) is 1.57. The van der Waals surface area contributed by atoms with Crippen molar-refractivity contribution in [2.24, 2.45) is 16.6 Å². The summed E-state index contributed by atoms with van der Waals surface area (Å²) in [7, 11) is 0. The van der Waals surface area contributed by atoms with Gasteiger partial charge in [0.15, 0.2) is 5.70 Å². The normalized spacial score (nSPS) is 12.4. The van der Waals surface area contributed by atoms with Crippen LogP contribution in [0.15, 0.2) is 16.4 Å². The van der Waals surface area contributed by atoms with E-state index in [-0.39, 0.29) is 17.3 Å². The Balaban J connectivity index is 4.66. The van der Waals surface area contributed by atoms with Crippen LogP contribution < -0.4 is 5.73 Å². The first kappa shape index (κ1) is 10.2. The second-order valence-electron chi connectivity index (χ2n) is 2.51. The van der Waals surface area contributed by atoms with Crippen molar-refractivity contribution in [3.63, 3.8) is 0 Å². The van der Waals surface area contributed by atoms with E-state index in [2.05, 4.69) is 4.99 Å². The molecule has 0 saturated heterocycles. The summed E-state index contributed by atoms with van der Waals surface area (Å²) in [6.45, 7) is 3.84. The molecule has 0 aromatic rings. The van der Waals surface area contributed by atoms with Crippen LogP contribution >= 0.6 is 0 Å². The number of hydrogen-bond donors (Lipinski definition) is 1. The molecule has 62 valence electrons. The van der Waals surface area contributed by atoms with Gasteiger partial charge in [0.2, 0.25) is 0 Å². The van der Waals surface area contributed by atoms with Gasteiger partial charge in [-0.3, -0.25) is 0 Å². The predicted octanol–water partition coefficient (Wildman–Crippen LogP) is 0.931. The van der Waals surface area contributed by atoms with Crippen molar-refractivity contribution in [2.45, 2.75) is 13.8 Å². The number of nitriles is 2. The first-order valence-corrected chi connectivity index (χ1v) is 3.46. The zero-order valence-corrected chi connectivity index (χ0v) is 7.07. The molecule has 0 bridgehead atoms. The van der Waals surface area contributed by atoms with Gasteiger partial charge >= 0.3 is 0 Å². The first-order valence-electron chi connectivity index (χ1n) is 3.46. The maximum atomic E-state index is 8.49. The van der Waals surface area contributed by atoms with Crippen molar-refractivity contribution >= 4 is 6.21 Å². The second kappa shape index (κ2) is 4.92. The van der Waals surface area contributed by atoms with E-state index in [1.54, 1.807) is 18.4 Å². The van der Waals surface area contributed by atoms with E-state index in [0.29, 0.717) is 0 Å². The summed E-state index contributed by atoms with van der Waals surface area (Å²) >= 11 is 0. The fraction of sp³-hybridized carbons (Fsp3) is 0.375. The van der Waals surface area contributed by atoms with Crippen LogP contribution in [-0.2, 0) is 0 Å². The smallest absolute Gasteiger partial charge is 0.174 e. The van der Waals surface area contributed by atoms with Gasteiger partial charge in [-0.2, -0.15) is 10.5 Å². The molecule has 0 atom stereocenters. The maximum Gasteiger partial charge on any atom is 0.174 e. The van der Waals surface area contributed by atoms with E-state index in [1.807, 2.05) is 13.8 Å². The summed E-state index contributed by atoms with van der Waals surface area (Å²) in [6, 6.07) is 3.40. The van der Waals surface area contributed by atoms with Crippen LogP contribution in [0, 0.1) is 28.6 Å². The summed E-state index contributed by atoms with van der Waals surface area (Å²) in [5.74, 6) is 0.236. The van der Waals surface area contributed by atoms with E-state index in [4.69, 9.17) is 16.3 Å². The third-order valence-corrected chi connectivity index (χ3v) is 0.983. The molecule has 0 unspecified atom stereocenters. The monoisotopic (exact) mass is 162 g/mol. The molecule has 0 aromatic carbocycles. The Hall–Kier alpha value is -1.81. The molecule has 0 aliphatic carbocycles. The summed E-state index contributed by atoms with van der Waals surface area (Å²) in [5, 5.41) is 16.8. The fourth-order valence-corrected chi connectivity index (χ4v) is 0.435. The van der Waals surface area contributed by atoms with Crippen molar-refractivity contribution in [1.82, 2.24) is 0 Å². The Morgan fingerprint density at radius 3 is 2.33 bits per heavy atom. The summed E-state index contributed by atoms with van der Waals surface area (Å²) in [4.78, 5) is 3.76. The number of aliphatic imine (C=N–C) groups is 1. The van der Waals surface area contributed by atoms with Gasteiger partial charge in [-0.15, -0.1) is 0 Å². The largest absolute Gasteiger partial charge is 0.388 e. The highest BCUT2D eigenvalue weighted by atomic mass is 14.8. The number of allylic oxidation sites excluding steroid dienone is 2. The molecule has 0 amide bonds. The minimum absolute atomic E-state index is 0.0220. The average Bonchev–Trinajstić information content (AvgIpc) is 2.04. The van der Waals surface area contributed by atoms with Gasteiger partial charge in [-0.25, -0.2) is 4.99 Å². The Morgan fingerprint density at radius 2 is 2.00 bits per heavy atom. The SMILES string of the molecule is CC(C)C=N/C(C#N)=C(\N)C#N. The van der Waals surface area contributed by atoms with Crippen LogP contribution in [0.5, 0.6) is 0 Å². The number of nitrogens with two attached hydrogens (primary N) is 1. The molecule has 0 saturated carbocycles. The Kier molecular flexibility index (Phi) is 4.18. The number of hydrogen-bond acceptors (Lipinski definition) is 4. The summed E-state index contributed by atoms with van der Waals surface area (Å²) in [5.41, 5.74) is 5.03. The molecular weight excluding hydrogens is 152 g/mol. The van der Waals surface area contributed by atoms with Crippen LogP contribution in [0.4, 0.5) is 0 Å². The highest BCUT2D eigenvalue weighted by molar-refractivity contribution is 5.62. The Morgan fingerprint density at radius 1 is 1.42 bits per heavy atom. The highest BCUT2D eigenvalue weighted by Crippen LogP contribution is 1.99. The topological polar surface area (TPSA) is 86.0 Å². The molecule has 12 heavy (non-hydrogen) atoms. The molecule has 4 heteroatoms. The van der Waals surface area contributed by atoms with Crippen molar-refractivity contribution in [2.75, 3.05) is 0 Å². The minimum atomic E-state index is -0.144. The first-order chi connectivity index (χ1) is 5.61. The van der Waals surface area contributed by atoms with E-state index in [9.17, 15) is 0 Å². The average molecular weight is 162 g/mol. The molecule has 0 heterocycles. The van der Waals surface area contributed by atoms with Crippen LogP contribution in [0.1, 0.15) is 13.8 Å². The van der Waals surface area contributed by atoms with Gasteiger partial charge in [0.1, 0.15) is 17.8 Å². The molecule has 0 rings (SSSR count). The van der Waals surface area contributed by atoms with Crippen LogP contribution in [0.25, 0.3) is 0 Å². The Bertz CT molecular complexity index is 285. The fourth-order valence-electron chi connectivity index (χ4n) is 0.435. The lowest BCUT2D eigenvalue weighted by Gasteiger charge is -1.92. The highest BCUT2D eigenvalue weighted by Gasteiger charge is 1.98. The van der Waals surface area contributed by atoms with E-state index < -0.39 is 0 Å². The standard InChI is InChI=1S/C8H10N4/c1-6(2)5-12-8(4-10)7(11)3-9/h5-6H,11H2,1-2H3/b8-7-,12-5?. The molecule has 0 aliphatic heterocycles. The Labute approximate surface area is 71.6 Å². The van der Waals surface area contributed by atoms with Crippen molar-refractivity contribution in [3.8, 4) is 12.1 Å². The van der Waals surface area contributed by atoms with Crippen molar-refractivity contribution < 1.29 is 0 Å². The third-order valence-electron chi connectivity index (χ3n) is 0.983. The predicted molar refractivity (Wildman–Crippen MR) is 45.8 cm³/mol. The van der Waals surface area contributed by atoms with Gasteiger partial charge in [0.25, 0.3) is 0 Å². The van der Waals surface area contributed by atoms with E-state index in [0.717, 1.165) is 0 Å². The van der Waals surface area contributed by atoms with Gasteiger partial charge < -0.3 is 5.73 Å². The van der Waals surface area contributed by atoms with Crippen LogP contribution in [0.2, 0.25) is 0 Å². The minimum Gasteiger partial charge on any atom is -0.388 e. The quantitative estimate of drug-likeness (QED) is 0.484. The lowest BCUT2D eigenvalue weighted by Crippen LogP contribution is -1.98. The summed E-state index contributed by atoms with van der Waals surface area (Å²) < 4.78 is 0. The molecule has 0 aromatic heterocycles. The zero-order valence-electron chi connectivity index (χ0n) is 7.07. The van der Waals surface area contributed by atoms with Crippen LogP contribution in [-0.4, -0.2) is 6.21 Å². The lowest BCUT2D eigenvalue weighted by atomic mass is 10.2. The molecule has 0 aliphatic rings. The van der Waals surface area contributed by atoms with Crippen molar-refractivity contribution in [1.29, 1.82) is 10.5 Å². The lowest BCUT2D eigenvalue weighted by molar-refractivity contribution is 0.905. The molecule has 0 radical (unpaired) electrons. The maximum absolute atomic E-state index is 8.49.